The maximum Gasteiger partial charge on any atom is 0.235 e. The normalized spacial score (nSPS) is 16.8. The molecule has 1 amide bonds. The lowest BCUT2D eigenvalue weighted by atomic mass is 10.2. The number of thioether (sulfide) groups is 1. The third-order valence-electron chi connectivity index (χ3n) is 4.20. The summed E-state index contributed by atoms with van der Waals surface area (Å²) in [5.74, 6) is 0.237. The first kappa shape index (κ1) is 17.0. The van der Waals surface area contributed by atoms with Crippen LogP contribution in [0.15, 0.2) is 59.6 Å². The molecule has 5 heteroatoms. The molecule has 1 saturated heterocycles. The number of rotatable bonds is 5. The van der Waals surface area contributed by atoms with Crippen molar-refractivity contribution in [3.63, 3.8) is 0 Å². The highest BCUT2D eigenvalue weighted by atomic mass is 32.2. The lowest BCUT2D eigenvalue weighted by Gasteiger charge is -2.35. The summed E-state index contributed by atoms with van der Waals surface area (Å²) in [6.45, 7) is 6.27. The molecule has 0 bridgehead atoms. The van der Waals surface area contributed by atoms with Gasteiger partial charge in [0.05, 0.1) is 10.9 Å². The van der Waals surface area contributed by atoms with Crippen molar-refractivity contribution in [1.29, 1.82) is 0 Å². The number of benzene rings is 1. The van der Waals surface area contributed by atoms with E-state index in [1.807, 2.05) is 48.4 Å². The van der Waals surface area contributed by atoms with Crippen molar-refractivity contribution in [1.82, 2.24) is 14.8 Å². The van der Waals surface area contributed by atoms with E-state index in [-0.39, 0.29) is 11.2 Å². The fraction of sp³-hybridized carbons (Fsp3) is 0.368. The molecular formula is C19H23N3OS. The van der Waals surface area contributed by atoms with Crippen molar-refractivity contribution in [3.8, 4) is 0 Å². The second-order valence-electron chi connectivity index (χ2n) is 6.00. The van der Waals surface area contributed by atoms with Crippen molar-refractivity contribution >= 4 is 17.7 Å². The quantitative estimate of drug-likeness (QED) is 0.784. The summed E-state index contributed by atoms with van der Waals surface area (Å²) in [5, 5.41) is -0.0465. The van der Waals surface area contributed by atoms with E-state index in [9.17, 15) is 4.79 Å². The smallest absolute Gasteiger partial charge is 0.235 e. The van der Waals surface area contributed by atoms with Gasteiger partial charge in [-0.25, -0.2) is 0 Å². The van der Waals surface area contributed by atoms with Gasteiger partial charge >= 0.3 is 0 Å². The largest absolute Gasteiger partial charge is 0.339 e. The Morgan fingerprint density at radius 2 is 1.79 bits per heavy atom. The van der Waals surface area contributed by atoms with E-state index in [0.29, 0.717) is 0 Å². The Bertz CT molecular complexity index is 642. The van der Waals surface area contributed by atoms with Crippen LogP contribution in [0.4, 0.5) is 0 Å². The summed E-state index contributed by atoms with van der Waals surface area (Å²) in [6, 6.07) is 16.1. The maximum absolute atomic E-state index is 12.6. The molecule has 1 fully saturated rings. The number of hydrogen-bond acceptors (Lipinski definition) is 4. The number of aromatic nitrogens is 1. The number of pyridine rings is 1. The number of carbonyl (C=O) groups is 1. The van der Waals surface area contributed by atoms with Crippen molar-refractivity contribution in [3.05, 3.63) is 60.4 Å². The third kappa shape index (κ3) is 4.58. The molecule has 1 aromatic carbocycles. The van der Waals surface area contributed by atoms with Gasteiger partial charge < -0.3 is 4.90 Å². The molecule has 1 aliphatic heterocycles. The van der Waals surface area contributed by atoms with Gasteiger partial charge in [-0.15, -0.1) is 11.8 Å². The highest BCUT2D eigenvalue weighted by molar-refractivity contribution is 8.00. The second kappa shape index (κ2) is 8.31. The van der Waals surface area contributed by atoms with Crippen LogP contribution in [0.5, 0.6) is 0 Å². The average molecular weight is 341 g/mol. The van der Waals surface area contributed by atoms with Crippen molar-refractivity contribution in [2.24, 2.45) is 0 Å². The summed E-state index contributed by atoms with van der Waals surface area (Å²) in [5.41, 5.74) is 1.09. The maximum atomic E-state index is 12.6. The SMILES string of the molecule is CC(Sc1ccccc1)C(=O)N1CCN(Cc2ccccn2)CC1. The van der Waals surface area contributed by atoms with E-state index in [1.165, 1.54) is 0 Å². The summed E-state index contributed by atoms with van der Waals surface area (Å²) in [4.78, 5) is 22.5. The van der Waals surface area contributed by atoms with Gasteiger partial charge in [-0.2, -0.15) is 0 Å². The van der Waals surface area contributed by atoms with Crippen LogP contribution < -0.4 is 0 Å². The Morgan fingerprint density at radius 3 is 2.46 bits per heavy atom. The highest BCUT2D eigenvalue weighted by Gasteiger charge is 2.25. The van der Waals surface area contributed by atoms with Crippen LogP contribution in [0, 0.1) is 0 Å². The van der Waals surface area contributed by atoms with Crippen LogP contribution in [0.1, 0.15) is 12.6 Å². The topological polar surface area (TPSA) is 36.4 Å². The van der Waals surface area contributed by atoms with Gasteiger partial charge in [-0.3, -0.25) is 14.7 Å². The zero-order chi connectivity index (χ0) is 16.8. The Labute approximate surface area is 147 Å². The van der Waals surface area contributed by atoms with Gasteiger partial charge in [0, 0.05) is 43.8 Å². The van der Waals surface area contributed by atoms with E-state index in [2.05, 4.69) is 28.1 Å². The molecule has 24 heavy (non-hydrogen) atoms. The summed E-state index contributed by atoms with van der Waals surface area (Å²) < 4.78 is 0. The van der Waals surface area contributed by atoms with Crippen molar-refractivity contribution < 1.29 is 4.79 Å². The van der Waals surface area contributed by atoms with E-state index < -0.39 is 0 Å². The lowest BCUT2D eigenvalue weighted by molar-refractivity contribution is -0.132. The van der Waals surface area contributed by atoms with Crippen LogP contribution in [0.25, 0.3) is 0 Å². The summed E-state index contributed by atoms with van der Waals surface area (Å²) >= 11 is 1.63. The first-order chi connectivity index (χ1) is 11.7. The molecule has 2 heterocycles. The standard InChI is InChI=1S/C19H23N3OS/c1-16(24-18-8-3-2-4-9-18)19(23)22-13-11-21(12-14-22)15-17-7-5-6-10-20-17/h2-10,16H,11-15H2,1H3. The second-order valence-corrected chi connectivity index (χ2v) is 7.41. The van der Waals surface area contributed by atoms with Gasteiger partial charge in [0.2, 0.25) is 5.91 Å². The van der Waals surface area contributed by atoms with Crippen LogP contribution in [0.3, 0.4) is 0 Å². The number of nitrogens with zero attached hydrogens (tertiary/aromatic N) is 3. The average Bonchev–Trinajstić information content (AvgIpc) is 2.63. The number of amides is 1. The summed E-state index contributed by atoms with van der Waals surface area (Å²) in [6.07, 6.45) is 1.83. The van der Waals surface area contributed by atoms with Crippen LogP contribution >= 0.6 is 11.8 Å². The highest BCUT2D eigenvalue weighted by Crippen LogP contribution is 2.24. The van der Waals surface area contributed by atoms with Crippen molar-refractivity contribution in [2.75, 3.05) is 26.2 Å². The van der Waals surface area contributed by atoms with Crippen molar-refractivity contribution in [2.45, 2.75) is 23.6 Å². The predicted molar refractivity (Wildman–Crippen MR) is 97.9 cm³/mol. The van der Waals surface area contributed by atoms with E-state index >= 15 is 0 Å². The van der Waals surface area contributed by atoms with Gasteiger partial charge in [0.1, 0.15) is 0 Å². The van der Waals surface area contributed by atoms with Crippen LogP contribution in [-0.4, -0.2) is 52.1 Å². The van der Waals surface area contributed by atoms with Gasteiger partial charge in [0.25, 0.3) is 0 Å². The third-order valence-corrected chi connectivity index (χ3v) is 5.30. The van der Waals surface area contributed by atoms with Gasteiger partial charge in [-0.1, -0.05) is 24.3 Å². The Balaban J connectivity index is 1.48. The Kier molecular flexibility index (Phi) is 5.88. The molecule has 4 nitrogen and oxygen atoms in total. The predicted octanol–water partition coefficient (Wildman–Crippen LogP) is 2.91. The molecule has 1 unspecified atom stereocenters. The molecule has 0 radical (unpaired) electrons. The van der Waals surface area contributed by atoms with E-state index in [0.717, 1.165) is 43.3 Å². The minimum atomic E-state index is -0.0465. The van der Waals surface area contributed by atoms with Crippen LogP contribution in [-0.2, 0) is 11.3 Å². The minimum absolute atomic E-state index is 0.0465. The fourth-order valence-corrected chi connectivity index (χ4v) is 3.83. The lowest BCUT2D eigenvalue weighted by Crippen LogP contribution is -2.50. The molecule has 0 aliphatic carbocycles. The molecule has 1 aromatic heterocycles. The molecule has 3 rings (SSSR count). The molecule has 2 aromatic rings. The Hall–Kier alpha value is -1.85. The zero-order valence-electron chi connectivity index (χ0n) is 14.0. The molecule has 0 spiro atoms. The molecule has 126 valence electrons. The minimum Gasteiger partial charge on any atom is -0.339 e. The molecule has 0 N–H and O–H groups in total. The fourth-order valence-electron chi connectivity index (χ4n) is 2.86. The van der Waals surface area contributed by atoms with Crippen LogP contribution in [0.2, 0.25) is 0 Å². The zero-order valence-corrected chi connectivity index (χ0v) is 14.8. The molecular weight excluding hydrogens is 318 g/mol. The molecule has 1 atom stereocenters. The number of carbonyl (C=O) groups excluding carboxylic acids is 1. The summed E-state index contributed by atoms with van der Waals surface area (Å²) in [7, 11) is 0. The Morgan fingerprint density at radius 1 is 1.08 bits per heavy atom. The first-order valence-electron chi connectivity index (χ1n) is 8.35. The first-order valence-corrected chi connectivity index (χ1v) is 9.23. The van der Waals surface area contributed by atoms with Gasteiger partial charge in [-0.05, 0) is 31.2 Å². The number of hydrogen-bond donors (Lipinski definition) is 0. The monoisotopic (exact) mass is 341 g/mol. The van der Waals surface area contributed by atoms with Gasteiger partial charge in [0.15, 0.2) is 0 Å². The van der Waals surface area contributed by atoms with E-state index in [4.69, 9.17) is 0 Å². The van der Waals surface area contributed by atoms with E-state index in [1.54, 1.807) is 11.8 Å². The number of piperazine rings is 1. The molecule has 0 saturated carbocycles. The molecule has 1 aliphatic rings.